The number of nitrogens with zero attached hydrogens (tertiary/aromatic N) is 8. The number of nitro groups is 1. The number of hydrogen-bond donors (Lipinski definition) is 7. The minimum absolute atomic E-state index is 0.00574. The van der Waals surface area contributed by atoms with Gasteiger partial charge >= 0.3 is 0 Å². The van der Waals surface area contributed by atoms with Crippen LogP contribution >= 0.6 is 35.3 Å². The van der Waals surface area contributed by atoms with Crippen molar-refractivity contribution in [3.63, 3.8) is 0 Å². The summed E-state index contributed by atoms with van der Waals surface area (Å²) in [6, 6.07) is 104. The first-order valence-electron chi connectivity index (χ1n) is 48.6. The van der Waals surface area contributed by atoms with Crippen molar-refractivity contribution in [2.24, 2.45) is 22.9 Å². The number of alkyl halides is 1. The van der Waals surface area contributed by atoms with E-state index in [4.69, 9.17) is 30.5 Å². The Kier molecular flexibility index (Phi) is 35.4. The van der Waals surface area contributed by atoms with Crippen molar-refractivity contribution in [3.05, 3.63) is 423 Å². The Balaban J connectivity index is 0.000000132. The first kappa shape index (κ1) is 105. The van der Waals surface area contributed by atoms with E-state index in [0.717, 1.165) is 109 Å². The minimum Gasteiger partial charge on any atom is -0.508 e. The second-order valence-electron chi connectivity index (χ2n) is 36.9. The number of halogens is 1. The lowest BCUT2D eigenvalue weighted by Gasteiger charge is -2.57. The smallest absolute Gasteiger partial charge is 0.278 e. The van der Waals surface area contributed by atoms with Crippen molar-refractivity contribution in [2.75, 3.05) is 73.9 Å². The Labute approximate surface area is 871 Å². The SMILES string of the molecule is COc1cc(CNNC(=O)C2Sc3ccccc3C2Cl)cc(OC)c1OC.COc1ccc(C2N(Cc3ccccc3)CCN2Cc2ccccc2)cc1.Cc1cccc(N(CC(=O)NC23CC4CC(CC(C4)C2)C3)Sc2ccccc2)c1.Cc1cccc(N(CC(=O)Nc2ccc(Cc3ccncc3)cc2)S(=O)(=O)c2ccccc2)c1.O=C1c2ccc([N+](=O)[O-])cc2NC(c2ccccc2O)N1/N=C/c1ccccc1O. The van der Waals surface area contributed by atoms with Crippen LogP contribution in [-0.2, 0) is 50.5 Å². The van der Waals surface area contributed by atoms with Crippen LogP contribution in [0.1, 0.15) is 128 Å². The first-order chi connectivity index (χ1) is 71.3. The number of rotatable bonds is 31. The highest BCUT2D eigenvalue weighted by Gasteiger charge is 2.52. The molecule has 147 heavy (non-hydrogen) atoms. The summed E-state index contributed by atoms with van der Waals surface area (Å²) in [4.78, 5) is 73.9. The van der Waals surface area contributed by atoms with Crippen molar-refractivity contribution in [3.8, 4) is 34.5 Å². The predicted octanol–water partition coefficient (Wildman–Crippen LogP) is 22.0. The first-order valence-corrected chi connectivity index (χ1v) is 52.1. The fourth-order valence-electron chi connectivity index (χ4n) is 19.9. The molecule has 4 heterocycles. The van der Waals surface area contributed by atoms with E-state index in [1.165, 1.54) is 121 Å². The largest absolute Gasteiger partial charge is 0.508 e. The molecule has 3 aliphatic heterocycles. The summed E-state index contributed by atoms with van der Waals surface area (Å²) < 4.78 is 51.4. The number of carbonyl (C=O) groups excluding carboxylic acids is 4. The average Bonchev–Trinajstić information content (AvgIpc) is 1.53. The van der Waals surface area contributed by atoms with Gasteiger partial charge in [0.2, 0.25) is 23.5 Å². The number of phenols is 2. The average molecular weight is 2050 g/mol. The van der Waals surface area contributed by atoms with Gasteiger partial charge in [0.05, 0.1) is 73.0 Å². The number of thioether (sulfide) groups is 1. The molecule has 756 valence electrons. The van der Waals surface area contributed by atoms with Crippen LogP contribution in [0.2, 0.25) is 0 Å². The van der Waals surface area contributed by atoms with E-state index in [1.807, 2.05) is 104 Å². The van der Waals surface area contributed by atoms with Gasteiger partial charge in [0.15, 0.2) is 17.7 Å². The molecule has 7 N–H and O–H groups in total. The van der Waals surface area contributed by atoms with E-state index >= 15 is 0 Å². The molecule has 4 bridgehead atoms. The summed E-state index contributed by atoms with van der Waals surface area (Å²) in [5, 5.41) is 45.4. The number of non-ortho nitro benzene ring substituents is 1. The fraction of sp³-hybridized carbons (Fsp3) is 0.241. The number of sulfonamides is 1. The third kappa shape index (κ3) is 27.2. The summed E-state index contributed by atoms with van der Waals surface area (Å²) in [5.74, 6) is 4.05. The van der Waals surface area contributed by atoms with Crippen LogP contribution in [0, 0.1) is 41.7 Å². The highest BCUT2D eigenvalue weighted by Crippen LogP contribution is 2.56. The van der Waals surface area contributed by atoms with E-state index in [2.05, 4.69) is 179 Å². The molecule has 21 rings (SSSR count). The van der Waals surface area contributed by atoms with Gasteiger partial charge in [-0.25, -0.2) is 18.9 Å². The molecule has 13 aromatic carbocycles. The summed E-state index contributed by atoms with van der Waals surface area (Å²) in [6.07, 6.45) is 12.7. The number of hydrogen-bond acceptors (Lipinski definition) is 23. The number of nitro benzene ring substituents is 1. The summed E-state index contributed by atoms with van der Waals surface area (Å²) in [7, 11) is 2.46. The van der Waals surface area contributed by atoms with Crippen molar-refractivity contribution in [1.29, 1.82) is 0 Å². The molecule has 14 aromatic rings. The number of para-hydroxylation sites is 2. The van der Waals surface area contributed by atoms with Gasteiger partial charge in [-0.1, -0.05) is 194 Å². The Hall–Kier alpha value is -15.0. The molecule has 3 atom stereocenters. The number of fused-ring (bicyclic) bond motifs is 2. The van der Waals surface area contributed by atoms with Crippen molar-refractivity contribution in [1.82, 2.24) is 36.0 Å². The van der Waals surface area contributed by atoms with Crippen LogP contribution in [0.4, 0.5) is 28.4 Å². The number of carbonyl (C=O) groups is 4. The number of aryl methyl sites for hydroxylation is 2. The fourth-order valence-corrected chi connectivity index (χ4v) is 23.9. The lowest BCUT2D eigenvalue weighted by molar-refractivity contribution is -0.384. The lowest BCUT2D eigenvalue weighted by Crippen LogP contribution is -2.60. The van der Waals surface area contributed by atoms with Gasteiger partial charge in [-0.15, -0.1) is 23.4 Å². The van der Waals surface area contributed by atoms with Crippen molar-refractivity contribution < 1.29 is 61.7 Å². The molecule has 7 aliphatic rings. The Morgan fingerprint density at radius 2 is 1.15 bits per heavy atom. The number of hydrazine groups is 1. The molecule has 5 fully saturated rings. The van der Waals surface area contributed by atoms with E-state index in [-0.39, 0.29) is 74.0 Å². The van der Waals surface area contributed by atoms with E-state index in [9.17, 15) is 47.9 Å². The minimum atomic E-state index is -3.93. The lowest BCUT2D eigenvalue weighted by atomic mass is 9.53. The van der Waals surface area contributed by atoms with Gasteiger partial charge in [-0.3, -0.25) is 53.8 Å². The number of ether oxygens (including phenoxy) is 4. The number of anilines is 4. The van der Waals surface area contributed by atoms with E-state index in [1.54, 1.807) is 126 Å². The number of aromatic hydroxyl groups is 2. The molecule has 31 heteroatoms. The van der Waals surface area contributed by atoms with Crippen LogP contribution in [-0.4, -0.2) is 139 Å². The Bertz CT molecular complexity index is 6890. The zero-order valence-electron chi connectivity index (χ0n) is 82.4. The Morgan fingerprint density at radius 1 is 0.592 bits per heavy atom. The van der Waals surface area contributed by atoms with Crippen LogP contribution in [0.25, 0.3) is 0 Å². The third-order valence-electron chi connectivity index (χ3n) is 26.4. The zero-order valence-corrected chi connectivity index (χ0v) is 85.6. The molecule has 4 saturated carbocycles. The van der Waals surface area contributed by atoms with Gasteiger partial charge in [0.1, 0.15) is 35.6 Å². The maximum Gasteiger partial charge on any atom is 0.278 e. The number of nitrogens with one attached hydrogen (secondary N) is 5. The quantitative estimate of drug-likeness (QED) is 0.00698. The summed E-state index contributed by atoms with van der Waals surface area (Å²) in [5.41, 5.74) is 19.2. The third-order valence-corrected chi connectivity index (χ3v) is 31.3. The summed E-state index contributed by atoms with van der Waals surface area (Å²) in [6.45, 7) is 8.46. The second-order valence-corrected chi connectivity index (χ2v) is 41.5. The van der Waals surface area contributed by atoms with Crippen LogP contribution in [0.3, 0.4) is 0 Å². The van der Waals surface area contributed by atoms with Crippen LogP contribution in [0.5, 0.6) is 34.5 Å². The maximum absolute atomic E-state index is 13.4. The zero-order chi connectivity index (χ0) is 103. The normalized spacial score (nSPS) is 17.8. The van der Waals surface area contributed by atoms with Crippen molar-refractivity contribution in [2.45, 2.75) is 122 Å². The number of amides is 4. The standard InChI is InChI=1S/C27H25N3O3S.C25H30N2OS.C24H26N2O.C21H16N4O5.C19H21ClN2O4S/c1-21-6-5-7-25(18-21)30(34(32,33)26-8-3-2-4-9-26)20-27(31)29-24-12-10-22(11-13-24)19-23-14-16-28-17-15-23;1-18-6-5-7-22(10-18)27(29-23-8-3-2-4-9-23)17-24(28)26-25-14-19-11-20(15-25)13-21(12-19)16-25;1-27-23-14-12-22(13-15-23)24-25(18-20-8-4-2-5-9-20)16-17-26(24)19-21-10-6-3-7-11-21;26-18-7-3-1-5-13(18)12-22-24-20(16-6-2-4-8-19(16)27)23-17-11-14(25(29)30)9-10-15(17)21(24)28;1-24-13-8-11(9-14(25-2)17(13)26-3)10-21-22-19(23)18-16(20)12-6-4-5-7-15(12)27-18/h2-18H,19-20H2,1H3,(H,29,31);2-10,19-21H,11-17H2,1H3,(H,26,28);2-15,24H,16-19H2,1H3;1-12,20,23,26-27H;4-9,16,18,21H,10H2,1-3H3,(H,22,23)/b;;;22-12+;. The van der Waals surface area contributed by atoms with E-state index < -0.39 is 32.9 Å². The molecule has 0 spiro atoms. The van der Waals surface area contributed by atoms with Gasteiger partial charge in [-0.05, 0) is 266 Å². The number of hydrazone groups is 1. The molecule has 4 aliphatic carbocycles. The molecule has 0 radical (unpaired) electrons. The number of pyridine rings is 1. The molecule has 1 saturated heterocycles. The summed E-state index contributed by atoms with van der Waals surface area (Å²) >= 11 is 9.57. The van der Waals surface area contributed by atoms with Gasteiger partial charge < -0.3 is 49.4 Å². The van der Waals surface area contributed by atoms with Gasteiger partial charge in [0, 0.05) is 95.1 Å². The number of aromatic nitrogens is 1. The number of benzene rings is 13. The van der Waals surface area contributed by atoms with E-state index in [0.29, 0.717) is 52.8 Å². The van der Waals surface area contributed by atoms with Gasteiger partial charge in [-0.2, -0.15) is 5.10 Å². The molecular formula is C116H118ClN13O14S3. The number of methoxy groups -OCH3 is 4. The second kappa shape index (κ2) is 49.7. The van der Waals surface area contributed by atoms with Gasteiger partial charge in [0.25, 0.3) is 21.6 Å². The van der Waals surface area contributed by atoms with Crippen molar-refractivity contribution >= 4 is 104 Å². The highest BCUT2D eigenvalue weighted by molar-refractivity contribution is 8.01. The van der Waals surface area contributed by atoms with Crippen LogP contribution < -0.4 is 54.4 Å². The molecule has 27 nitrogen and oxygen atoms in total. The highest BCUT2D eigenvalue weighted by atomic mass is 35.5. The topological polar surface area (TPSA) is 325 Å². The maximum atomic E-state index is 13.4. The molecule has 1 aromatic heterocycles. The number of phenolic OH excluding ortho intramolecular Hbond substituents is 2. The molecular weight excluding hydrogens is 1930 g/mol. The monoisotopic (exact) mass is 2050 g/mol. The Morgan fingerprint density at radius 3 is 1.73 bits per heavy atom. The molecule has 4 amide bonds. The predicted molar refractivity (Wildman–Crippen MR) is 579 cm³/mol. The van der Waals surface area contributed by atoms with Crippen LogP contribution in [0.15, 0.2) is 366 Å². The molecule has 3 unspecified atom stereocenters.